The second kappa shape index (κ2) is 4.59. The zero-order valence-corrected chi connectivity index (χ0v) is 11.1. The molecule has 0 aliphatic heterocycles. The fraction of sp³-hybridized carbons (Fsp3) is 0.286. The quantitative estimate of drug-likeness (QED) is 0.859. The van der Waals surface area contributed by atoms with Gasteiger partial charge in [0.15, 0.2) is 0 Å². The van der Waals surface area contributed by atoms with E-state index in [9.17, 15) is 4.39 Å². The SMILES string of the molecule is Cc1ccsc1C(N)c1cc(C)c(F)c(C)c1. The normalized spacial score (nSPS) is 12.8. The Hall–Kier alpha value is -1.19. The molecule has 0 aliphatic carbocycles. The standard InChI is InChI=1S/C14H16FNS/c1-8-4-5-17-14(8)13(16)11-6-9(2)12(15)10(3)7-11/h4-7,13H,16H2,1-3H3. The summed E-state index contributed by atoms with van der Waals surface area (Å²) in [5, 5.41) is 2.04. The van der Waals surface area contributed by atoms with Crippen molar-refractivity contribution >= 4 is 11.3 Å². The molecule has 0 saturated heterocycles. The van der Waals surface area contributed by atoms with Crippen molar-refractivity contribution in [2.45, 2.75) is 26.8 Å². The zero-order chi connectivity index (χ0) is 12.6. The Morgan fingerprint density at radius 3 is 2.18 bits per heavy atom. The topological polar surface area (TPSA) is 26.0 Å². The predicted molar refractivity (Wildman–Crippen MR) is 71.0 cm³/mol. The van der Waals surface area contributed by atoms with Gasteiger partial charge < -0.3 is 5.73 Å². The van der Waals surface area contributed by atoms with Gasteiger partial charge in [-0.25, -0.2) is 4.39 Å². The minimum absolute atomic E-state index is 0.135. The molecule has 0 radical (unpaired) electrons. The number of aryl methyl sites for hydroxylation is 3. The summed E-state index contributed by atoms with van der Waals surface area (Å²) >= 11 is 1.65. The lowest BCUT2D eigenvalue weighted by Gasteiger charge is -2.14. The van der Waals surface area contributed by atoms with Crippen LogP contribution in [0.4, 0.5) is 4.39 Å². The Balaban J connectivity index is 2.45. The summed E-state index contributed by atoms with van der Waals surface area (Å²) in [5.41, 5.74) is 9.73. The molecule has 1 nitrogen and oxygen atoms in total. The number of hydrogen-bond acceptors (Lipinski definition) is 2. The predicted octanol–water partition coefficient (Wildman–Crippen LogP) is 3.86. The lowest BCUT2D eigenvalue weighted by molar-refractivity contribution is 0.607. The number of nitrogens with two attached hydrogens (primary N) is 1. The summed E-state index contributed by atoms with van der Waals surface area (Å²) in [6, 6.07) is 5.58. The third-order valence-electron chi connectivity index (χ3n) is 3.00. The molecule has 1 atom stereocenters. The highest BCUT2D eigenvalue weighted by Crippen LogP contribution is 2.29. The van der Waals surface area contributed by atoms with Crippen LogP contribution in [0.1, 0.15) is 33.2 Å². The highest BCUT2D eigenvalue weighted by atomic mass is 32.1. The van der Waals surface area contributed by atoms with E-state index < -0.39 is 0 Å². The summed E-state index contributed by atoms with van der Waals surface area (Å²) < 4.78 is 13.6. The van der Waals surface area contributed by atoms with Gasteiger partial charge in [0.1, 0.15) is 5.82 Å². The van der Waals surface area contributed by atoms with Crippen molar-refractivity contribution in [3.63, 3.8) is 0 Å². The van der Waals surface area contributed by atoms with E-state index in [1.165, 1.54) is 5.56 Å². The molecule has 17 heavy (non-hydrogen) atoms. The van der Waals surface area contributed by atoms with Gasteiger partial charge in [0, 0.05) is 4.88 Å². The molecule has 3 heteroatoms. The van der Waals surface area contributed by atoms with Gasteiger partial charge in [-0.2, -0.15) is 0 Å². The van der Waals surface area contributed by atoms with Crippen LogP contribution in [0.2, 0.25) is 0 Å². The van der Waals surface area contributed by atoms with Gasteiger partial charge in [0.2, 0.25) is 0 Å². The van der Waals surface area contributed by atoms with E-state index >= 15 is 0 Å². The van der Waals surface area contributed by atoms with Gasteiger partial charge >= 0.3 is 0 Å². The molecular weight excluding hydrogens is 233 g/mol. The zero-order valence-electron chi connectivity index (χ0n) is 10.3. The molecule has 2 N–H and O–H groups in total. The second-order valence-electron chi connectivity index (χ2n) is 4.41. The summed E-state index contributed by atoms with van der Waals surface area (Å²) in [7, 11) is 0. The number of hydrogen-bond donors (Lipinski definition) is 1. The van der Waals surface area contributed by atoms with Crippen LogP contribution in [-0.4, -0.2) is 0 Å². The first-order valence-corrected chi connectivity index (χ1v) is 6.45. The molecule has 2 aromatic rings. The van der Waals surface area contributed by atoms with Crippen LogP contribution in [0.3, 0.4) is 0 Å². The van der Waals surface area contributed by atoms with Crippen molar-refractivity contribution in [3.05, 3.63) is 56.5 Å². The fourth-order valence-electron chi connectivity index (χ4n) is 2.01. The second-order valence-corrected chi connectivity index (χ2v) is 5.36. The van der Waals surface area contributed by atoms with Crippen LogP contribution < -0.4 is 5.73 Å². The number of rotatable bonds is 2. The first-order chi connectivity index (χ1) is 8.00. The maximum Gasteiger partial charge on any atom is 0.129 e. The van der Waals surface area contributed by atoms with Gasteiger partial charge in [0.25, 0.3) is 0 Å². The van der Waals surface area contributed by atoms with Gasteiger partial charge in [-0.05, 0) is 54.5 Å². The molecule has 90 valence electrons. The van der Waals surface area contributed by atoms with Crippen molar-refractivity contribution in [2.75, 3.05) is 0 Å². The molecule has 0 bridgehead atoms. The average molecular weight is 249 g/mol. The molecule has 0 spiro atoms. The Kier molecular flexibility index (Phi) is 3.31. The van der Waals surface area contributed by atoms with Gasteiger partial charge in [-0.3, -0.25) is 0 Å². The van der Waals surface area contributed by atoms with E-state index in [0.29, 0.717) is 11.1 Å². The third-order valence-corrected chi connectivity index (χ3v) is 4.10. The van der Waals surface area contributed by atoms with E-state index in [2.05, 4.69) is 13.0 Å². The monoisotopic (exact) mass is 249 g/mol. The number of halogens is 1. The fourth-order valence-corrected chi connectivity index (χ4v) is 2.97. The maximum atomic E-state index is 13.6. The van der Waals surface area contributed by atoms with Crippen LogP contribution in [0.15, 0.2) is 23.6 Å². The Bertz CT molecular complexity index is 522. The Morgan fingerprint density at radius 2 is 1.71 bits per heavy atom. The van der Waals surface area contributed by atoms with Crippen molar-refractivity contribution in [1.82, 2.24) is 0 Å². The summed E-state index contributed by atoms with van der Waals surface area (Å²) in [6.07, 6.45) is 0. The molecule has 1 unspecified atom stereocenters. The smallest absolute Gasteiger partial charge is 0.129 e. The molecular formula is C14H16FNS. The van der Waals surface area contributed by atoms with E-state index in [4.69, 9.17) is 5.73 Å². The van der Waals surface area contributed by atoms with Crippen molar-refractivity contribution < 1.29 is 4.39 Å². The Morgan fingerprint density at radius 1 is 1.12 bits per heavy atom. The molecule has 2 rings (SSSR count). The van der Waals surface area contributed by atoms with E-state index in [0.717, 1.165) is 10.4 Å². The van der Waals surface area contributed by atoms with Crippen LogP contribution in [0.5, 0.6) is 0 Å². The van der Waals surface area contributed by atoms with Crippen LogP contribution in [0.25, 0.3) is 0 Å². The Labute approximate surface area is 105 Å². The van der Waals surface area contributed by atoms with Crippen LogP contribution >= 0.6 is 11.3 Å². The highest BCUT2D eigenvalue weighted by molar-refractivity contribution is 7.10. The highest BCUT2D eigenvalue weighted by Gasteiger charge is 2.15. The molecule has 1 aromatic carbocycles. The average Bonchev–Trinajstić information content (AvgIpc) is 2.70. The van der Waals surface area contributed by atoms with Crippen LogP contribution in [0, 0.1) is 26.6 Å². The van der Waals surface area contributed by atoms with E-state index in [1.807, 2.05) is 17.5 Å². The molecule has 1 aromatic heterocycles. The van der Waals surface area contributed by atoms with E-state index in [-0.39, 0.29) is 11.9 Å². The summed E-state index contributed by atoms with van der Waals surface area (Å²) in [6.45, 7) is 5.61. The van der Waals surface area contributed by atoms with Crippen molar-refractivity contribution in [1.29, 1.82) is 0 Å². The number of benzene rings is 1. The van der Waals surface area contributed by atoms with Gasteiger partial charge in [-0.15, -0.1) is 11.3 Å². The van der Waals surface area contributed by atoms with Gasteiger partial charge in [-0.1, -0.05) is 12.1 Å². The molecule has 0 saturated carbocycles. The summed E-state index contributed by atoms with van der Waals surface area (Å²) in [5.74, 6) is -0.135. The van der Waals surface area contributed by atoms with E-state index in [1.54, 1.807) is 25.2 Å². The molecule has 1 heterocycles. The first-order valence-electron chi connectivity index (χ1n) is 5.57. The number of thiophene rings is 1. The minimum atomic E-state index is -0.159. The molecule has 0 aliphatic rings. The van der Waals surface area contributed by atoms with Crippen molar-refractivity contribution in [3.8, 4) is 0 Å². The van der Waals surface area contributed by atoms with Crippen LogP contribution in [-0.2, 0) is 0 Å². The lowest BCUT2D eigenvalue weighted by atomic mass is 9.99. The maximum absolute atomic E-state index is 13.6. The largest absolute Gasteiger partial charge is 0.320 e. The summed E-state index contributed by atoms with van der Waals surface area (Å²) in [4.78, 5) is 1.15. The lowest BCUT2D eigenvalue weighted by Crippen LogP contribution is -2.12. The molecule has 0 amide bonds. The first kappa shape index (κ1) is 12.3. The van der Waals surface area contributed by atoms with Gasteiger partial charge in [0.05, 0.1) is 6.04 Å². The van der Waals surface area contributed by atoms with Crippen molar-refractivity contribution in [2.24, 2.45) is 5.73 Å². The minimum Gasteiger partial charge on any atom is -0.320 e. The molecule has 0 fully saturated rings. The third kappa shape index (κ3) is 2.26.